The quantitative estimate of drug-likeness (QED) is 0.350. The van der Waals surface area contributed by atoms with Gasteiger partial charge < -0.3 is 19.7 Å². The van der Waals surface area contributed by atoms with Crippen LogP contribution in [0.15, 0.2) is 77.7 Å². The molecular formula is C28H32ClN3O6S. The van der Waals surface area contributed by atoms with E-state index in [1.807, 2.05) is 0 Å². The standard InChI is InChI=1S/C28H32ClN3O6S/c1-5-24(28(34)30-2)31(18-20-11-9-10-14-23(20)29)27(33)19-32(21-12-7-6-8-13-21)39(35,36)22-15-16-25(37-3)26(17-22)38-4/h6-17,24H,5,18-19H2,1-4H3,(H,30,34). The maximum Gasteiger partial charge on any atom is 0.264 e. The van der Waals surface area contributed by atoms with Crippen LogP contribution in [0.1, 0.15) is 18.9 Å². The number of sulfonamides is 1. The predicted octanol–water partition coefficient (Wildman–Crippen LogP) is 4.11. The van der Waals surface area contributed by atoms with Gasteiger partial charge in [0.15, 0.2) is 11.5 Å². The Balaban J connectivity index is 2.08. The maximum absolute atomic E-state index is 14.0. The van der Waals surface area contributed by atoms with Gasteiger partial charge in [0.05, 0.1) is 24.8 Å². The van der Waals surface area contributed by atoms with Gasteiger partial charge in [-0.25, -0.2) is 8.42 Å². The van der Waals surface area contributed by atoms with E-state index in [1.165, 1.54) is 44.4 Å². The summed E-state index contributed by atoms with van der Waals surface area (Å²) >= 11 is 6.37. The zero-order valence-corrected chi connectivity index (χ0v) is 23.8. The average molecular weight is 574 g/mol. The van der Waals surface area contributed by atoms with Crippen LogP contribution in [-0.4, -0.2) is 59.0 Å². The van der Waals surface area contributed by atoms with Crippen molar-refractivity contribution in [1.82, 2.24) is 10.2 Å². The van der Waals surface area contributed by atoms with Crippen molar-refractivity contribution in [3.63, 3.8) is 0 Å². The van der Waals surface area contributed by atoms with Crippen LogP contribution in [0.25, 0.3) is 0 Å². The van der Waals surface area contributed by atoms with Crippen LogP contribution in [0.3, 0.4) is 0 Å². The highest BCUT2D eigenvalue weighted by atomic mass is 35.5. The summed E-state index contributed by atoms with van der Waals surface area (Å²) in [6, 6.07) is 18.7. The number of carbonyl (C=O) groups is 2. The topological polar surface area (TPSA) is 105 Å². The minimum absolute atomic E-state index is 0.0173. The number of ether oxygens (including phenoxy) is 2. The van der Waals surface area contributed by atoms with E-state index in [4.69, 9.17) is 21.1 Å². The number of hydrogen-bond donors (Lipinski definition) is 1. The second-order valence-corrected chi connectivity index (χ2v) is 10.8. The fourth-order valence-electron chi connectivity index (χ4n) is 4.12. The van der Waals surface area contributed by atoms with Crippen LogP contribution in [0.5, 0.6) is 11.5 Å². The minimum atomic E-state index is -4.26. The molecule has 208 valence electrons. The van der Waals surface area contributed by atoms with Gasteiger partial charge in [0.2, 0.25) is 11.8 Å². The number of likely N-dealkylation sites (N-methyl/N-ethyl adjacent to an activating group) is 1. The van der Waals surface area contributed by atoms with Gasteiger partial charge in [-0.15, -0.1) is 0 Å². The average Bonchev–Trinajstić information content (AvgIpc) is 2.96. The van der Waals surface area contributed by atoms with Crippen molar-refractivity contribution in [2.24, 2.45) is 0 Å². The molecule has 0 heterocycles. The molecule has 0 fully saturated rings. The number of amides is 2. The molecule has 3 aromatic carbocycles. The normalized spacial score (nSPS) is 11.8. The largest absolute Gasteiger partial charge is 0.493 e. The first-order valence-electron chi connectivity index (χ1n) is 12.2. The van der Waals surface area contributed by atoms with Gasteiger partial charge in [-0.3, -0.25) is 13.9 Å². The number of nitrogens with one attached hydrogen (secondary N) is 1. The second kappa shape index (κ2) is 13.3. The summed E-state index contributed by atoms with van der Waals surface area (Å²) in [5.41, 5.74) is 0.912. The summed E-state index contributed by atoms with van der Waals surface area (Å²) in [4.78, 5) is 28.0. The predicted molar refractivity (Wildman–Crippen MR) is 151 cm³/mol. The number of carbonyl (C=O) groups excluding carboxylic acids is 2. The molecule has 1 unspecified atom stereocenters. The van der Waals surface area contributed by atoms with Crippen molar-refractivity contribution in [1.29, 1.82) is 0 Å². The molecule has 0 radical (unpaired) electrons. The zero-order chi connectivity index (χ0) is 28.6. The van der Waals surface area contributed by atoms with Gasteiger partial charge in [0.1, 0.15) is 12.6 Å². The molecule has 0 saturated carbocycles. The third-order valence-corrected chi connectivity index (χ3v) is 8.34. The molecule has 39 heavy (non-hydrogen) atoms. The summed E-state index contributed by atoms with van der Waals surface area (Å²) in [6.07, 6.45) is 0.309. The van der Waals surface area contributed by atoms with Gasteiger partial charge in [-0.1, -0.05) is 54.9 Å². The van der Waals surface area contributed by atoms with E-state index in [0.717, 1.165) is 4.31 Å². The molecule has 0 spiro atoms. The first-order chi connectivity index (χ1) is 18.7. The van der Waals surface area contributed by atoms with E-state index in [2.05, 4.69) is 5.32 Å². The molecule has 2 amide bonds. The number of anilines is 1. The lowest BCUT2D eigenvalue weighted by Crippen LogP contribution is -2.51. The minimum Gasteiger partial charge on any atom is -0.493 e. The SMILES string of the molecule is CCC(C(=O)NC)N(Cc1ccccc1Cl)C(=O)CN(c1ccccc1)S(=O)(=O)c1ccc(OC)c(OC)c1. The number of nitrogens with zero attached hydrogens (tertiary/aromatic N) is 2. The van der Waals surface area contributed by atoms with Crippen molar-refractivity contribution in [2.45, 2.75) is 30.8 Å². The molecule has 3 aromatic rings. The summed E-state index contributed by atoms with van der Waals surface area (Å²) in [5, 5.41) is 3.02. The van der Waals surface area contributed by atoms with E-state index in [9.17, 15) is 18.0 Å². The molecule has 0 bridgehead atoms. The van der Waals surface area contributed by atoms with E-state index in [0.29, 0.717) is 22.8 Å². The van der Waals surface area contributed by atoms with Crippen LogP contribution in [0.2, 0.25) is 5.02 Å². The molecule has 9 nitrogen and oxygen atoms in total. The van der Waals surface area contributed by atoms with Gasteiger partial charge >= 0.3 is 0 Å². The Morgan fingerprint density at radius 2 is 1.59 bits per heavy atom. The van der Waals surface area contributed by atoms with E-state index in [1.54, 1.807) is 61.5 Å². The Kier molecular flexibility index (Phi) is 10.2. The Bertz CT molecular complexity index is 1400. The lowest BCUT2D eigenvalue weighted by Gasteiger charge is -2.33. The Hall–Kier alpha value is -3.76. The van der Waals surface area contributed by atoms with Crippen LogP contribution < -0.4 is 19.1 Å². The fraction of sp³-hybridized carbons (Fsp3) is 0.286. The summed E-state index contributed by atoms with van der Waals surface area (Å²) < 4.78 is 39.5. The first kappa shape index (κ1) is 29.8. The molecule has 0 aliphatic heterocycles. The van der Waals surface area contributed by atoms with Gasteiger partial charge in [0, 0.05) is 24.7 Å². The fourth-order valence-corrected chi connectivity index (χ4v) is 5.75. The number of hydrogen-bond acceptors (Lipinski definition) is 6. The highest BCUT2D eigenvalue weighted by Crippen LogP contribution is 2.32. The van der Waals surface area contributed by atoms with Crippen LogP contribution in [0.4, 0.5) is 5.69 Å². The van der Waals surface area contributed by atoms with Crippen molar-refractivity contribution in [3.05, 3.63) is 83.4 Å². The van der Waals surface area contributed by atoms with Crippen molar-refractivity contribution in [3.8, 4) is 11.5 Å². The number of rotatable bonds is 12. The zero-order valence-electron chi connectivity index (χ0n) is 22.3. The molecule has 11 heteroatoms. The molecule has 0 aliphatic rings. The summed E-state index contributed by atoms with van der Waals surface area (Å²) in [5.74, 6) is -0.352. The highest BCUT2D eigenvalue weighted by molar-refractivity contribution is 7.92. The first-order valence-corrected chi connectivity index (χ1v) is 14.0. The molecule has 1 atom stereocenters. The molecule has 0 saturated heterocycles. The van der Waals surface area contributed by atoms with Gasteiger partial charge in [-0.05, 0) is 42.3 Å². The molecule has 0 aliphatic carbocycles. The van der Waals surface area contributed by atoms with E-state index >= 15 is 0 Å². The molecule has 1 N–H and O–H groups in total. The maximum atomic E-state index is 14.0. The lowest BCUT2D eigenvalue weighted by molar-refractivity contribution is -0.140. The number of halogens is 1. The molecular weight excluding hydrogens is 542 g/mol. The van der Waals surface area contributed by atoms with E-state index in [-0.39, 0.29) is 28.8 Å². The third kappa shape index (κ3) is 6.82. The molecule has 3 rings (SSSR count). The van der Waals surface area contributed by atoms with Crippen molar-refractivity contribution >= 4 is 39.1 Å². The van der Waals surface area contributed by atoms with Crippen molar-refractivity contribution < 1.29 is 27.5 Å². The summed E-state index contributed by atoms with van der Waals surface area (Å²) in [7, 11) is 0.0865. The van der Waals surface area contributed by atoms with Crippen LogP contribution >= 0.6 is 11.6 Å². The lowest BCUT2D eigenvalue weighted by atomic mass is 10.1. The van der Waals surface area contributed by atoms with Crippen LogP contribution in [-0.2, 0) is 26.2 Å². The Labute approximate surface area is 234 Å². The number of benzene rings is 3. The molecule has 0 aromatic heterocycles. The van der Waals surface area contributed by atoms with Gasteiger partial charge in [-0.2, -0.15) is 0 Å². The van der Waals surface area contributed by atoms with Crippen molar-refractivity contribution in [2.75, 3.05) is 32.1 Å². The Morgan fingerprint density at radius 3 is 2.18 bits per heavy atom. The van der Waals surface area contributed by atoms with Gasteiger partial charge in [0.25, 0.3) is 10.0 Å². The third-order valence-electron chi connectivity index (χ3n) is 6.20. The monoisotopic (exact) mass is 573 g/mol. The number of methoxy groups -OCH3 is 2. The van der Waals surface area contributed by atoms with Crippen LogP contribution in [0, 0.1) is 0 Å². The Morgan fingerprint density at radius 1 is 0.949 bits per heavy atom. The summed E-state index contributed by atoms with van der Waals surface area (Å²) in [6.45, 7) is 1.24. The highest BCUT2D eigenvalue weighted by Gasteiger charge is 2.34. The smallest absolute Gasteiger partial charge is 0.264 e. The number of para-hydroxylation sites is 1. The second-order valence-electron chi connectivity index (χ2n) is 8.52. The van der Waals surface area contributed by atoms with E-state index < -0.39 is 28.5 Å².